The SMILES string of the molecule is C[C@@H]1C[C@]2(C)C(=O)CC[C@@H]2[C@H]2CC[C@H]3C[C@@H](O)CC[C@]3(C)[C@@H]21. The highest BCUT2D eigenvalue weighted by molar-refractivity contribution is 5.87. The number of aliphatic hydroxyl groups is 1. The molecule has 0 radical (unpaired) electrons. The lowest BCUT2D eigenvalue weighted by Crippen LogP contribution is -2.56. The molecule has 0 saturated heterocycles. The van der Waals surface area contributed by atoms with Gasteiger partial charge in [0, 0.05) is 11.8 Å². The Morgan fingerprint density at radius 2 is 1.91 bits per heavy atom. The van der Waals surface area contributed by atoms with Crippen LogP contribution >= 0.6 is 0 Å². The maximum atomic E-state index is 12.5. The second-order valence-electron chi connectivity index (χ2n) is 9.57. The second kappa shape index (κ2) is 4.82. The molecule has 0 aromatic rings. The first-order chi connectivity index (χ1) is 10.4. The highest BCUT2D eigenvalue weighted by Gasteiger charge is 2.62. The Labute approximate surface area is 135 Å². The predicted octanol–water partition coefficient (Wildman–Crippen LogP) is 4.21. The van der Waals surface area contributed by atoms with Crippen molar-refractivity contribution < 1.29 is 9.90 Å². The van der Waals surface area contributed by atoms with E-state index in [1.165, 1.54) is 19.3 Å². The Bertz CT molecular complexity index is 486. The molecule has 4 rings (SSSR count). The summed E-state index contributed by atoms with van der Waals surface area (Å²) in [5.41, 5.74) is 0.395. The van der Waals surface area contributed by atoms with Crippen molar-refractivity contribution in [1.82, 2.24) is 0 Å². The van der Waals surface area contributed by atoms with Crippen molar-refractivity contribution in [2.45, 2.75) is 78.2 Å². The third-order valence-corrected chi connectivity index (χ3v) is 8.59. The number of carbonyl (C=O) groups excluding carboxylic acids is 1. The molecule has 0 aromatic heterocycles. The molecule has 8 atom stereocenters. The summed E-state index contributed by atoms with van der Waals surface area (Å²) >= 11 is 0. The lowest BCUT2D eigenvalue weighted by Gasteiger charge is -2.62. The fraction of sp³-hybridized carbons (Fsp3) is 0.950. The van der Waals surface area contributed by atoms with E-state index in [0.717, 1.165) is 43.9 Å². The summed E-state index contributed by atoms with van der Waals surface area (Å²) in [4.78, 5) is 12.5. The molecular weight excluding hydrogens is 272 g/mol. The maximum Gasteiger partial charge on any atom is 0.139 e. The van der Waals surface area contributed by atoms with E-state index in [0.29, 0.717) is 29.0 Å². The molecule has 4 saturated carbocycles. The molecule has 0 bridgehead atoms. The molecule has 4 aliphatic carbocycles. The minimum Gasteiger partial charge on any atom is -0.393 e. The fourth-order valence-corrected chi connectivity index (χ4v) is 7.71. The Balaban J connectivity index is 1.69. The van der Waals surface area contributed by atoms with Gasteiger partial charge in [-0.3, -0.25) is 4.79 Å². The average Bonchev–Trinajstić information content (AvgIpc) is 2.75. The van der Waals surface area contributed by atoms with E-state index >= 15 is 0 Å². The minimum absolute atomic E-state index is 0.0159. The summed E-state index contributed by atoms with van der Waals surface area (Å²) in [5.74, 6) is 4.11. The van der Waals surface area contributed by atoms with Crippen molar-refractivity contribution >= 4 is 5.78 Å². The van der Waals surface area contributed by atoms with Gasteiger partial charge in [0.15, 0.2) is 0 Å². The zero-order chi connectivity index (χ0) is 15.7. The largest absolute Gasteiger partial charge is 0.393 e. The van der Waals surface area contributed by atoms with Gasteiger partial charge in [-0.15, -0.1) is 0 Å². The minimum atomic E-state index is -0.0631. The number of hydrogen-bond acceptors (Lipinski definition) is 2. The van der Waals surface area contributed by atoms with Gasteiger partial charge in [-0.1, -0.05) is 20.8 Å². The van der Waals surface area contributed by atoms with Gasteiger partial charge in [-0.2, -0.15) is 0 Å². The van der Waals surface area contributed by atoms with Gasteiger partial charge in [-0.25, -0.2) is 0 Å². The Kier molecular flexibility index (Phi) is 3.32. The Morgan fingerprint density at radius 3 is 2.68 bits per heavy atom. The number of aliphatic hydroxyl groups excluding tert-OH is 1. The van der Waals surface area contributed by atoms with Crippen molar-refractivity contribution in [1.29, 1.82) is 0 Å². The second-order valence-corrected chi connectivity index (χ2v) is 9.57. The molecule has 0 aromatic carbocycles. The van der Waals surface area contributed by atoms with E-state index in [4.69, 9.17) is 0 Å². The van der Waals surface area contributed by atoms with Gasteiger partial charge in [-0.05, 0) is 80.0 Å². The number of carbonyl (C=O) groups is 1. The summed E-state index contributed by atoms with van der Waals surface area (Å²) in [5, 5.41) is 10.1. The monoisotopic (exact) mass is 304 g/mol. The van der Waals surface area contributed by atoms with E-state index in [-0.39, 0.29) is 11.5 Å². The standard InChI is InChI=1S/C20H32O2/c1-12-11-20(3)16(6-7-17(20)22)15-5-4-13-10-14(21)8-9-19(13,2)18(12)15/h12-16,18,21H,4-11H2,1-3H3/t12-,13+,14+,15-,16-,18-,19+,20+/m1/s1. The molecule has 0 heterocycles. The molecule has 0 amide bonds. The first-order valence-corrected chi connectivity index (χ1v) is 9.57. The van der Waals surface area contributed by atoms with Crippen molar-refractivity contribution in [3.05, 3.63) is 0 Å². The molecular formula is C20H32O2. The predicted molar refractivity (Wildman–Crippen MR) is 87.3 cm³/mol. The topological polar surface area (TPSA) is 37.3 Å². The summed E-state index contributed by atoms with van der Waals surface area (Å²) in [7, 11) is 0. The summed E-state index contributed by atoms with van der Waals surface area (Å²) in [6.45, 7) is 7.22. The van der Waals surface area contributed by atoms with E-state index in [1.807, 2.05) is 0 Å². The van der Waals surface area contributed by atoms with E-state index in [9.17, 15) is 9.90 Å². The van der Waals surface area contributed by atoms with E-state index in [2.05, 4.69) is 20.8 Å². The zero-order valence-corrected chi connectivity index (χ0v) is 14.5. The molecule has 4 fully saturated rings. The Hall–Kier alpha value is -0.370. The third kappa shape index (κ3) is 1.85. The summed E-state index contributed by atoms with van der Waals surface area (Å²) in [6.07, 6.45) is 8.81. The highest BCUT2D eigenvalue weighted by atomic mass is 16.3. The summed E-state index contributed by atoms with van der Waals surface area (Å²) in [6, 6.07) is 0. The first kappa shape index (κ1) is 15.2. The van der Waals surface area contributed by atoms with Crippen LogP contribution < -0.4 is 0 Å². The molecule has 2 heteroatoms. The van der Waals surface area contributed by atoms with E-state index < -0.39 is 0 Å². The van der Waals surface area contributed by atoms with Gasteiger partial charge in [0.1, 0.15) is 5.78 Å². The third-order valence-electron chi connectivity index (χ3n) is 8.59. The molecule has 0 unspecified atom stereocenters. The number of Topliss-reactive ketones (excluding diaryl/α,β-unsaturated/α-hetero) is 1. The lowest BCUT2D eigenvalue weighted by molar-refractivity contribution is -0.155. The molecule has 2 nitrogen and oxygen atoms in total. The molecule has 124 valence electrons. The fourth-order valence-electron chi connectivity index (χ4n) is 7.71. The van der Waals surface area contributed by atoms with E-state index in [1.54, 1.807) is 0 Å². The van der Waals surface area contributed by atoms with Crippen LogP contribution in [0.25, 0.3) is 0 Å². The van der Waals surface area contributed by atoms with Crippen LogP contribution in [0, 0.1) is 40.4 Å². The highest BCUT2D eigenvalue weighted by Crippen LogP contribution is 2.66. The molecule has 1 N–H and O–H groups in total. The van der Waals surface area contributed by atoms with Gasteiger partial charge in [0.2, 0.25) is 0 Å². The molecule has 0 aliphatic heterocycles. The van der Waals surface area contributed by atoms with Crippen LogP contribution in [0.15, 0.2) is 0 Å². The van der Waals surface area contributed by atoms with Crippen molar-refractivity contribution in [3.63, 3.8) is 0 Å². The van der Waals surface area contributed by atoms with Gasteiger partial charge in [0.05, 0.1) is 6.10 Å². The number of rotatable bonds is 0. The first-order valence-electron chi connectivity index (χ1n) is 9.57. The number of hydrogen-bond donors (Lipinski definition) is 1. The van der Waals surface area contributed by atoms with Gasteiger partial charge in [0.25, 0.3) is 0 Å². The summed E-state index contributed by atoms with van der Waals surface area (Å²) < 4.78 is 0. The van der Waals surface area contributed by atoms with Gasteiger partial charge < -0.3 is 5.11 Å². The zero-order valence-electron chi connectivity index (χ0n) is 14.5. The van der Waals surface area contributed by atoms with Crippen molar-refractivity contribution in [2.75, 3.05) is 0 Å². The van der Waals surface area contributed by atoms with Crippen LogP contribution in [-0.2, 0) is 4.79 Å². The van der Waals surface area contributed by atoms with Crippen LogP contribution in [-0.4, -0.2) is 17.0 Å². The Morgan fingerprint density at radius 1 is 1.14 bits per heavy atom. The van der Waals surface area contributed by atoms with Crippen molar-refractivity contribution in [2.24, 2.45) is 40.4 Å². The smallest absolute Gasteiger partial charge is 0.139 e. The van der Waals surface area contributed by atoms with Crippen LogP contribution in [0.1, 0.15) is 72.1 Å². The molecule has 0 spiro atoms. The quantitative estimate of drug-likeness (QED) is 0.728. The normalized spacial score (nSPS) is 57.9. The lowest BCUT2D eigenvalue weighted by atomic mass is 9.43. The average molecular weight is 304 g/mol. The van der Waals surface area contributed by atoms with Crippen LogP contribution in [0.5, 0.6) is 0 Å². The van der Waals surface area contributed by atoms with Crippen LogP contribution in [0.4, 0.5) is 0 Å². The van der Waals surface area contributed by atoms with Gasteiger partial charge >= 0.3 is 0 Å². The molecule has 22 heavy (non-hydrogen) atoms. The number of fused-ring (bicyclic) bond motifs is 5. The van der Waals surface area contributed by atoms with Crippen LogP contribution in [0.3, 0.4) is 0 Å². The molecule has 4 aliphatic rings. The maximum absolute atomic E-state index is 12.5. The van der Waals surface area contributed by atoms with Crippen LogP contribution in [0.2, 0.25) is 0 Å². The number of ketones is 1. The van der Waals surface area contributed by atoms with Crippen molar-refractivity contribution in [3.8, 4) is 0 Å².